The number of aromatic nitrogens is 2. The molecule has 44 heavy (non-hydrogen) atoms. The van der Waals surface area contributed by atoms with Crippen LogP contribution in [0.2, 0.25) is 0 Å². The molecule has 3 aromatic heterocycles. The second-order valence-corrected chi connectivity index (χ2v) is 13.0. The van der Waals surface area contributed by atoms with E-state index in [0.29, 0.717) is 16.3 Å². The largest absolute Gasteiger partial charge is 0.368 e. The van der Waals surface area contributed by atoms with Crippen LogP contribution in [0.15, 0.2) is 59.7 Å². The van der Waals surface area contributed by atoms with Gasteiger partial charge in [0.05, 0.1) is 22.4 Å². The summed E-state index contributed by atoms with van der Waals surface area (Å²) in [4.78, 5) is 37.2. The molecule has 2 aliphatic rings. The first kappa shape index (κ1) is 30.4. The van der Waals surface area contributed by atoms with Crippen molar-refractivity contribution in [1.82, 2.24) is 14.5 Å². The van der Waals surface area contributed by atoms with Gasteiger partial charge in [0, 0.05) is 67.7 Å². The van der Waals surface area contributed by atoms with Gasteiger partial charge in [0.15, 0.2) is 5.82 Å². The van der Waals surface area contributed by atoms with Gasteiger partial charge in [-0.15, -0.1) is 11.3 Å². The van der Waals surface area contributed by atoms with E-state index in [2.05, 4.69) is 38.0 Å². The quantitative estimate of drug-likeness (QED) is 0.164. The molecule has 2 N–H and O–H groups in total. The Morgan fingerprint density at radius 3 is 2.64 bits per heavy atom. The molecule has 11 heteroatoms. The van der Waals surface area contributed by atoms with Crippen molar-refractivity contribution in [1.29, 1.82) is 0 Å². The number of carbonyl (C=O) groups excluding carboxylic acids is 1. The summed E-state index contributed by atoms with van der Waals surface area (Å²) >= 11 is 5.84. The van der Waals surface area contributed by atoms with E-state index in [1.165, 1.54) is 32.8 Å². The zero-order valence-electron chi connectivity index (χ0n) is 24.8. The molecule has 1 amide bonds. The Balaban J connectivity index is 1.18. The van der Waals surface area contributed by atoms with Gasteiger partial charge in [-0.05, 0) is 61.6 Å². The molecule has 0 radical (unpaired) electrons. The topological polar surface area (TPSA) is 82.5 Å². The number of thiol groups is 1. The van der Waals surface area contributed by atoms with Crippen molar-refractivity contribution in [3.63, 3.8) is 0 Å². The van der Waals surface area contributed by atoms with E-state index in [1.807, 2.05) is 24.4 Å². The predicted octanol–water partition coefficient (Wildman–Crippen LogP) is 5.96. The average Bonchev–Trinajstić information content (AvgIpc) is 3.31. The second-order valence-electron chi connectivity index (χ2n) is 11.4. The van der Waals surface area contributed by atoms with Crippen LogP contribution in [0.3, 0.4) is 0 Å². The van der Waals surface area contributed by atoms with E-state index in [9.17, 15) is 9.59 Å². The number of rotatable bonds is 8. The SMILES string of the molecule is Cn1cc(-c2cccc(NC(=O)c3cc4c(s3)CCCCC4)c2F)cc(Nc2ccc(N3CCN(CCS)CC3)cn2)c1=O. The summed E-state index contributed by atoms with van der Waals surface area (Å²) in [6, 6.07) is 12.3. The Kier molecular flexibility index (Phi) is 9.34. The number of fused-ring (bicyclic) bond motifs is 1. The molecule has 1 saturated heterocycles. The lowest BCUT2D eigenvalue weighted by Crippen LogP contribution is -2.47. The maximum absolute atomic E-state index is 15.9. The van der Waals surface area contributed by atoms with Gasteiger partial charge in [0.25, 0.3) is 11.5 Å². The third-order valence-electron chi connectivity index (χ3n) is 8.38. The van der Waals surface area contributed by atoms with Crippen LogP contribution in [0.1, 0.15) is 39.4 Å². The summed E-state index contributed by atoms with van der Waals surface area (Å²) in [6.45, 7) is 4.81. The third-order valence-corrected chi connectivity index (χ3v) is 9.81. The van der Waals surface area contributed by atoms with Crippen molar-refractivity contribution < 1.29 is 9.18 Å². The number of hydrogen-bond acceptors (Lipinski definition) is 8. The third kappa shape index (κ3) is 6.69. The van der Waals surface area contributed by atoms with E-state index in [1.54, 1.807) is 37.5 Å². The number of nitrogens with one attached hydrogen (secondary N) is 2. The van der Waals surface area contributed by atoms with Gasteiger partial charge in [-0.25, -0.2) is 9.37 Å². The highest BCUT2D eigenvalue weighted by molar-refractivity contribution is 7.80. The van der Waals surface area contributed by atoms with Crippen LogP contribution in [0.4, 0.5) is 27.3 Å². The number of benzene rings is 1. The molecule has 1 aromatic carbocycles. The molecule has 1 fully saturated rings. The molecule has 0 atom stereocenters. The van der Waals surface area contributed by atoms with Gasteiger partial charge in [-0.1, -0.05) is 18.6 Å². The molecule has 4 aromatic rings. The van der Waals surface area contributed by atoms with Gasteiger partial charge >= 0.3 is 0 Å². The Hall–Kier alpha value is -3.67. The molecule has 6 rings (SSSR count). The Morgan fingerprint density at radius 1 is 1.05 bits per heavy atom. The lowest BCUT2D eigenvalue weighted by atomic mass is 10.1. The first-order valence-corrected chi connectivity index (χ1v) is 16.6. The second kappa shape index (κ2) is 13.5. The fourth-order valence-corrected chi connectivity index (χ4v) is 7.35. The standard InChI is InChI=1S/C33H37FN6O2S2/c1-38-21-23(18-27(33(38)42)36-30-11-10-24(20-35-30)40-14-12-39(13-15-40)16-17-43)25-7-5-8-26(31(25)34)37-32(41)29-19-22-6-3-2-4-9-28(22)44-29/h5,7-8,10-11,18-21,43H,2-4,6,9,12-17H2,1H3,(H,35,36)(H,37,41). The van der Waals surface area contributed by atoms with Crippen LogP contribution >= 0.6 is 24.0 Å². The average molecular weight is 633 g/mol. The van der Waals surface area contributed by atoms with Crippen molar-refractivity contribution in [2.45, 2.75) is 32.1 Å². The lowest BCUT2D eigenvalue weighted by molar-refractivity contribution is 0.103. The number of thiophene rings is 1. The normalized spacial score (nSPS) is 15.5. The van der Waals surface area contributed by atoms with Gasteiger partial charge < -0.3 is 20.1 Å². The zero-order valence-corrected chi connectivity index (χ0v) is 26.5. The maximum Gasteiger partial charge on any atom is 0.274 e. The molecule has 1 aliphatic carbocycles. The molecule has 8 nitrogen and oxygen atoms in total. The molecular formula is C33H37FN6O2S2. The van der Waals surface area contributed by atoms with E-state index < -0.39 is 5.82 Å². The van der Waals surface area contributed by atoms with Crippen LogP contribution in [0.5, 0.6) is 0 Å². The van der Waals surface area contributed by atoms with E-state index in [4.69, 9.17) is 0 Å². The van der Waals surface area contributed by atoms with Crippen LogP contribution in [0.25, 0.3) is 11.1 Å². The van der Waals surface area contributed by atoms with Crippen molar-refractivity contribution in [2.75, 3.05) is 54.0 Å². The molecule has 230 valence electrons. The molecule has 1 aliphatic heterocycles. The van der Waals surface area contributed by atoms with E-state index >= 15 is 4.39 Å². The minimum atomic E-state index is -0.555. The Morgan fingerprint density at radius 2 is 1.86 bits per heavy atom. The van der Waals surface area contributed by atoms with Crippen molar-refractivity contribution in [3.05, 3.63) is 86.3 Å². The number of pyridine rings is 2. The smallest absolute Gasteiger partial charge is 0.274 e. The van der Waals surface area contributed by atoms with Gasteiger partial charge in [0.2, 0.25) is 0 Å². The highest BCUT2D eigenvalue weighted by Gasteiger charge is 2.20. The summed E-state index contributed by atoms with van der Waals surface area (Å²) < 4.78 is 17.3. The monoisotopic (exact) mass is 632 g/mol. The van der Waals surface area contributed by atoms with Crippen molar-refractivity contribution in [2.24, 2.45) is 7.05 Å². The van der Waals surface area contributed by atoms with Crippen LogP contribution in [-0.4, -0.2) is 58.8 Å². The number of halogens is 1. The van der Waals surface area contributed by atoms with Crippen molar-refractivity contribution in [3.8, 4) is 11.1 Å². The molecule has 0 saturated carbocycles. The number of hydrogen-bond donors (Lipinski definition) is 3. The summed E-state index contributed by atoms with van der Waals surface area (Å²) in [5.41, 5.74) is 3.17. The number of anilines is 4. The fraction of sp³-hybridized carbons (Fsp3) is 0.364. The Bertz CT molecular complexity index is 1670. The minimum Gasteiger partial charge on any atom is -0.368 e. The highest BCUT2D eigenvalue weighted by Crippen LogP contribution is 2.32. The van der Waals surface area contributed by atoms with Crippen LogP contribution in [-0.2, 0) is 19.9 Å². The van der Waals surface area contributed by atoms with Gasteiger partial charge in [-0.2, -0.15) is 12.6 Å². The van der Waals surface area contributed by atoms with Gasteiger partial charge in [0.1, 0.15) is 11.5 Å². The summed E-state index contributed by atoms with van der Waals surface area (Å²) in [6.07, 6.45) is 8.86. The molecular weight excluding hydrogens is 596 g/mol. The number of aryl methyl sites for hydroxylation is 3. The first-order valence-electron chi connectivity index (χ1n) is 15.1. The first-order chi connectivity index (χ1) is 21.4. The zero-order chi connectivity index (χ0) is 30.6. The van der Waals surface area contributed by atoms with Gasteiger partial charge in [-0.3, -0.25) is 14.5 Å². The number of amides is 1. The predicted molar refractivity (Wildman–Crippen MR) is 181 cm³/mol. The molecule has 0 spiro atoms. The summed E-state index contributed by atoms with van der Waals surface area (Å²) in [5, 5.41) is 5.90. The molecule has 0 bridgehead atoms. The van der Waals surface area contributed by atoms with E-state index in [0.717, 1.165) is 69.8 Å². The van der Waals surface area contributed by atoms with Crippen molar-refractivity contribution >= 4 is 52.8 Å². The van der Waals surface area contributed by atoms with Crippen LogP contribution in [0, 0.1) is 5.82 Å². The summed E-state index contributed by atoms with van der Waals surface area (Å²) in [5.74, 6) is 0.512. The Labute approximate surface area is 266 Å². The van der Waals surface area contributed by atoms with E-state index in [-0.39, 0.29) is 28.4 Å². The number of piperazine rings is 1. The number of carbonyl (C=O) groups is 1. The lowest BCUT2D eigenvalue weighted by Gasteiger charge is -2.35. The highest BCUT2D eigenvalue weighted by atomic mass is 32.1. The molecule has 0 unspecified atom stereocenters. The fourth-order valence-electron chi connectivity index (χ4n) is 5.92. The maximum atomic E-state index is 15.9. The number of nitrogens with zero attached hydrogens (tertiary/aromatic N) is 4. The van der Waals surface area contributed by atoms with Crippen LogP contribution < -0.4 is 21.1 Å². The minimum absolute atomic E-state index is 0.100. The summed E-state index contributed by atoms with van der Waals surface area (Å²) in [7, 11) is 1.63. The molecule has 4 heterocycles.